The molecule has 2 heterocycles. The van der Waals surface area contributed by atoms with Gasteiger partial charge in [-0.05, 0) is 28.1 Å². The van der Waals surface area contributed by atoms with Gasteiger partial charge in [0.2, 0.25) is 0 Å². The van der Waals surface area contributed by atoms with Crippen molar-refractivity contribution in [2.75, 3.05) is 0 Å². The Hall–Kier alpha value is -1.36. The quantitative estimate of drug-likeness (QED) is 0.795. The molecule has 0 amide bonds. The summed E-state index contributed by atoms with van der Waals surface area (Å²) < 4.78 is 13.7. The number of halogens is 2. The van der Waals surface area contributed by atoms with E-state index in [-0.39, 0.29) is 5.82 Å². The maximum atomic E-state index is 13.0. The summed E-state index contributed by atoms with van der Waals surface area (Å²) in [4.78, 5) is 12.3. The summed E-state index contributed by atoms with van der Waals surface area (Å²) in [7, 11) is 0. The topological polar surface area (TPSA) is 38.7 Å². The van der Waals surface area contributed by atoms with Crippen molar-refractivity contribution in [2.45, 2.75) is 13.3 Å². The van der Waals surface area contributed by atoms with Crippen LogP contribution < -0.4 is 0 Å². The third kappa shape index (κ3) is 2.41. The predicted molar refractivity (Wildman–Crippen MR) is 62.3 cm³/mol. The van der Waals surface area contributed by atoms with Crippen molar-refractivity contribution in [2.24, 2.45) is 0 Å². The molecule has 0 aliphatic carbocycles. The number of rotatable bonds is 2. The summed E-state index contributed by atoms with van der Waals surface area (Å²) >= 11 is 3.30. The van der Waals surface area contributed by atoms with Gasteiger partial charge < -0.3 is 0 Å². The van der Waals surface area contributed by atoms with Gasteiger partial charge in [-0.25, -0.2) is 14.4 Å². The van der Waals surface area contributed by atoms with Crippen molar-refractivity contribution in [1.82, 2.24) is 15.0 Å². The fourth-order valence-corrected chi connectivity index (χ4v) is 1.74. The van der Waals surface area contributed by atoms with E-state index in [2.05, 4.69) is 30.9 Å². The maximum Gasteiger partial charge on any atom is 0.142 e. The molecule has 2 aromatic rings. The lowest BCUT2D eigenvalue weighted by Gasteiger charge is -2.03. The second kappa shape index (κ2) is 4.65. The molecule has 0 saturated heterocycles. The molecule has 0 unspecified atom stereocenters. The van der Waals surface area contributed by atoms with Gasteiger partial charge in [-0.3, -0.25) is 4.98 Å². The second-order valence-electron chi connectivity index (χ2n) is 3.24. The van der Waals surface area contributed by atoms with Crippen molar-refractivity contribution < 1.29 is 4.39 Å². The van der Waals surface area contributed by atoms with E-state index in [1.807, 2.05) is 6.92 Å². The van der Waals surface area contributed by atoms with Gasteiger partial charge in [0, 0.05) is 18.2 Å². The highest BCUT2D eigenvalue weighted by atomic mass is 79.9. The molecule has 0 spiro atoms. The van der Waals surface area contributed by atoms with Gasteiger partial charge in [0.15, 0.2) is 0 Å². The first-order valence-corrected chi connectivity index (χ1v) is 5.62. The third-order valence-corrected chi connectivity index (χ3v) is 2.46. The van der Waals surface area contributed by atoms with Gasteiger partial charge in [-0.2, -0.15) is 0 Å². The molecule has 16 heavy (non-hydrogen) atoms. The van der Waals surface area contributed by atoms with Crippen molar-refractivity contribution >= 4 is 15.9 Å². The minimum absolute atomic E-state index is 0.370. The highest BCUT2D eigenvalue weighted by Gasteiger charge is 2.05. The molecule has 0 saturated carbocycles. The fourth-order valence-electron chi connectivity index (χ4n) is 1.32. The van der Waals surface area contributed by atoms with Crippen LogP contribution >= 0.6 is 15.9 Å². The van der Waals surface area contributed by atoms with Crippen LogP contribution in [0.15, 0.2) is 29.1 Å². The molecular formula is C11H9BrFN3. The summed E-state index contributed by atoms with van der Waals surface area (Å²) in [6.07, 6.45) is 3.48. The third-order valence-electron chi connectivity index (χ3n) is 2.06. The molecule has 0 radical (unpaired) electrons. The number of hydrogen-bond donors (Lipinski definition) is 0. The van der Waals surface area contributed by atoms with Crippen molar-refractivity contribution in [3.8, 4) is 11.3 Å². The average molecular weight is 282 g/mol. The summed E-state index contributed by atoms with van der Waals surface area (Å²) in [5.41, 5.74) is 1.32. The Morgan fingerprint density at radius 2 is 2.06 bits per heavy atom. The highest BCUT2D eigenvalue weighted by molar-refractivity contribution is 9.10. The van der Waals surface area contributed by atoms with Crippen LogP contribution in [0, 0.1) is 5.82 Å². The Morgan fingerprint density at radius 1 is 1.25 bits per heavy atom. The van der Waals surface area contributed by atoms with Gasteiger partial charge in [0.1, 0.15) is 16.2 Å². The number of hydrogen-bond acceptors (Lipinski definition) is 3. The van der Waals surface area contributed by atoms with E-state index in [4.69, 9.17) is 0 Å². The van der Waals surface area contributed by atoms with Gasteiger partial charge in [0.05, 0.1) is 11.9 Å². The van der Waals surface area contributed by atoms with Gasteiger partial charge in [-0.15, -0.1) is 0 Å². The van der Waals surface area contributed by atoms with Crippen LogP contribution in [0.2, 0.25) is 0 Å². The van der Waals surface area contributed by atoms with Gasteiger partial charge >= 0.3 is 0 Å². The number of aryl methyl sites for hydroxylation is 1. The van der Waals surface area contributed by atoms with E-state index in [1.54, 1.807) is 12.3 Å². The standard InChI is InChI=1S/C11H9BrFN3/c1-2-11-15-9(4-10(12)16-11)7-3-8(13)6-14-5-7/h3-6H,2H2,1H3. The maximum absolute atomic E-state index is 13.0. The van der Waals surface area contributed by atoms with Crippen molar-refractivity contribution in [3.63, 3.8) is 0 Å². The van der Waals surface area contributed by atoms with E-state index >= 15 is 0 Å². The molecular weight excluding hydrogens is 273 g/mol. The van der Waals surface area contributed by atoms with Crippen molar-refractivity contribution in [3.05, 3.63) is 40.8 Å². The average Bonchev–Trinajstić information content (AvgIpc) is 2.28. The van der Waals surface area contributed by atoms with Crippen LogP contribution in [-0.4, -0.2) is 15.0 Å². The molecule has 82 valence electrons. The molecule has 2 aromatic heterocycles. The van der Waals surface area contributed by atoms with Crippen LogP contribution in [0.4, 0.5) is 4.39 Å². The van der Waals surface area contributed by atoms with Crippen LogP contribution in [-0.2, 0) is 6.42 Å². The number of nitrogens with zero attached hydrogens (tertiary/aromatic N) is 3. The molecule has 0 N–H and O–H groups in total. The Morgan fingerprint density at radius 3 is 2.75 bits per heavy atom. The van der Waals surface area contributed by atoms with Crippen LogP contribution in [0.5, 0.6) is 0 Å². The minimum Gasteiger partial charge on any atom is -0.261 e. The van der Waals surface area contributed by atoms with E-state index < -0.39 is 0 Å². The molecule has 0 bridgehead atoms. The zero-order valence-corrected chi connectivity index (χ0v) is 10.2. The zero-order chi connectivity index (χ0) is 11.5. The summed E-state index contributed by atoms with van der Waals surface area (Å²) in [5.74, 6) is 0.346. The Bertz CT molecular complexity index is 516. The summed E-state index contributed by atoms with van der Waals surface area (Å²) in [5, 5.41) is 0. The predicted octanol–water partition coefficient (Wildman–Crippen LogP) is 3.00. The summed E-state index contributed by atoms with van der Waals surface area (Å²) in [6, 6.07) is 3.15. The highest BCUT2D eigenvalue weighted by Crippen LogP contribution is 2.20. The molecule has 0 fully saturated rings. The first-order chi connectivity index (χ1) is 7.69. The smallest absolute Gasteiger partial charge is 0.142 e. The lowest BCUT2D eigenvalue weighted by atomic mass is 10.2. The van der Waals surface area contributed by atoms with Gasteiger partial charge in [-0.1, -0.05) is 6.92 Å². The molecule has 3 nitrogen and oxygen atoms in total. The van der Waals surface area contributed by atoms with E-state index in [0.29, 0.717) is 21.7 Å². The second-order valence-corrected chi connectivity index (χ2v) is 4.05. The first-order valence-electron chi connectivity index (χ1n) is 4.83. The van der Waals surface area contributed by atoms with Crippen molar-refractivity contribution in [1.29, 1.82) is 0 Å². The lowest BCUT2D eigenvalue weighted by Crippen LogP contribution is -1.96. The van der Waals surface area contributed by atoms with Crippen LogP contribution in [0.25, 0.3) is 11.3 Å². The van der Waals surface area contributed by atoms with E-state index in [1.165, 1.54) is 12.3 Å². The molecule has 0 aliphatic heterocycles. The van der Waals surface area contributed by atoms with Crippen LogP contribution in [0.1, 0.15) is 12.7 Å². The Balaban J connectivity index is 2.51. The van der Waals surface area contributed by atoms with Gasteiger partial charge in [0.25, 0.3) is 0 Å². The fraction of sp³-hybridized carbons (Fsp3) is 0.182. The molecule has 0 aromatic carbocycles. The lowest BCUT2D eigenvalue weighted by molar-refractivity contribution is 0.622. The van der Waals surface area contributed by atoms with E-state index in [0.717, 1.165) is 6.42 Å². The minimum atomic E-state index is -0.370. The van der Waals surface area contributed by atoms with E-state index in [9.17, 15) is 4.39 Å². The molecule has 0 aliphatic rings. The molecule has 2 rings (SSSR count). The monoisotopic (exact) mass is 281 g/mol. The summed E-state index contributed by atoms with van der Waals surface area (Å²) in [6.45, 7) is 1.97. The molecule has 0 atom stereocenters. The number of aromatic nitrogens is 3. The van der Waals surface area contributed by atoms with Crippen LogP contribution in [0.3, 0.4) is 0 Å². The molecule has 5 heteroatoms. The number of pyridine rings is 1. The Labute approximate surface area is 101 Å². The largest absolute Gasteiger partial charge is 0.261 e. The first kappa shape index (κ1) is 11.1. The normalized spacial score (nSPS) is 10.4. The Kier molecular flexibility index (Phi) is 3.24. The zero-order valence-electron chi connectivity index (χ0n) is 8.61. The SMILES string of the molecule is CCc1nc(Br)cc(-c2cncc(F)c2)n1.